The van der Waals surface area contributed by atoms with Crippen molar-refractivity contribution in [2.75, 3.05) is 7.11 Å². The Hall–Kier alpha value is -0.540. The third-order valence-electron chi connectivity index (χ3n) is 4.20. The summed E-state index contributed by atoms with van der Waals surface area (Å²) in [5.41, 5.74) is 7.47. The van der Waals surface area contributed by atoms with E-state index < -0.39 is 0 Å². The first-order valence-electron chi connectivity index (χ1n) is 7.29. The molecule has 0 amide bonds. The van der Waals surface area contributed by atoms with Crippen LogP contribution in [0.3, 0.4) is 0 Å². The first kappa shape index (κ1) is 14.9. The second-order valence-corrected chi connectivity index (χ2v) is 6.49. The molecule has 1 aromatic rings. The molecule has 0 spiro atoms. The van der Waals surface area contributed by atoms with Crippen molar-refractivity contribution in [2.24, 2.45) is 11.7 Å². The Morgan fingerprint density at radius 1 is 1.32 bits per heavy atom. The normalized spacial score (nSPS) is 18.3. The van der Waals surface area contributed by atoms with Crippen LogP contribution in [0.2, 0.25) is 0 Å². The molecule has 2 rings (SSSR count). The fourth-order valence-corrected chi connectivity index (χ4v) is 3.42. The van der Waals surface area contributed by atoms with Crippen molar-refractivity contribution in [3.05, 3.63) is 28.2 Å². The van der Waals surface area contributed by atoms with Crippen LogP contribution >= 0.6 is 15.9 Å². The fraction of sp³-hybridized carbons (Fsp3) is 0.625. The second kappa shape index (κ2) is 7.30. The van der Waals surface area contributed by atoms with E-state index in [1.165, 1.54) is 38.5 Å². The van der Waals surface area contributed by atoms with E-state index in [2.05, 4.69) is 22.0 Å². The summed E-state index contributed by atoms with van der Waals surface area (Å²) in [5, 5.41) is 0. The van der Waals surface area contributed by atoms with Gasteiger partial charge in [0, 0.05) is 16.1 Å². The average molecular weight is 326 g/mol. The van der Waals surface area contributed by atoms with Gasteiger partial charge in [0.05, 0.1) is 7.11 Å². The number of nitrogens with two attached hydrogens (primary N) is 1. The lowest BCUT2D eigenvalue weighted by Gasteiger charge is -2.23. The second-order valence-electron chi connectivity index (χ2n) is 5.57. The molecular formula is C16H24BrNO. The van der Waals surface area contributed by atoms with Crippen LogP contribution in [0.1, 0.15) is 56.6 Å². The van der Waals surface area contributed by atoms with E-state index in [4.69, 9.17) is 10.5 Å². The summed E-state index contributed by atoms with van der Waals surface area (Å²) < 4.78 is 6.48. The van der Waals surface area contributed by atoms with Gasteiger partial charge >= 0.3 is 0 Å². The van der Waals surface area contributed by atoms with Crippen molar-refractivity contribution in [2.45, 2.75) is 51.0 Å². The standard InChI is InChI=1S/C16H24BrNO/c1-19-16-10-8-13(17)11-14(16)15(18)9-7-12-5-3-2-4-6-12/h8,10-12,15H,2-7,9,18H2,1H3. The highest BCUT2D eigenvalue weighted by atomic mass is 79.9. The Bertz CT molecular complexity index is 402. The molecule has 1 unspecified atom stereocenters. The molecule has 0 aliphatic heterocycles. The van der Waals surface area contributed by atoms with Gasteiger partial charge < -0.3 is 10.5 Å². The van der Waals surface area contributed by atoms with Gasteiger partial charge in [-0.2, -0.15) is 0 Å². The lowest BCUT2D eigenvalue weighted by molar-refractivity contribution is 0.322. The molecule has 1 aromatic carbocycles. The van der Waals surface area contributed by atoms with Gasteiger partial charge in [-0.15, -0.1) is 0 Å². The van der Waals surface area contributed by atoms with E-state index in [1.807, 2.05) is 12.1 Å². The highest BCUT2D eigenvalue weighted by Gasteiger charge is 2.17. The molecule has 106 valence electrons. The minimum atomic E-state index is 0.0781. The lowest BCUT2D eigenvalue weighted by Crippen LogP contribution is -2.15. The van der Waals surface area contributed by atoms with Gasteiger partial charge in [0.25, 0.3) is 0 Å². The Labute approximate surface area is 124 Å². The van der Waals surface area contributed by atoms with Gasteiger partial charge in [-0.1, -0.05) is 48.0 Å². The van der Waals surface area contributed by atoms with Crippen molar-refractivity contribution in [3.8, 4) is 5.75 Å². The molecule has 0 heterocycles. The number of methoxy groups -OCH3 is 1. The van der Waals surface area contributed by atoms with Gasteiger partial charge in [-0.25, -0.2) is 0 Å². The van der Waals surface area contributed by atoms with Gasteiger partial charge in [-0.05, 0) is 37.0 Å². The predicted molar refractivity (Wildman–Crippen MR) is 83.4 cm³/mol. The zero-order valence-corrected chi connectivity index (χ0v) is 13.3. The molecule has 2 nitrogen and oxygen atoms in total. The molecule has 2 N–H and O–H groups in total. The molecule has 1 fully saturated rings. The van der Waals surface area contributed by atoms with E-state index in [0.717, 1.165) is 28.1 Å². The summed E-state index contributed by atoms with van der Waals surface area (Å²) in [6, 6.07) is 6.15. The Morgan fingerprint density at radius 3 is 2.74 bits per heavy atom. The zero-order valence-electron chi connectivity index (χ0n) is 11.7. The van der Waals surface area contributed by atoms with Crippen LogP contribution in [-0.2, 0) is 0 Å². The third-order valence-corrected chi connectivity index (χ3v) is 4.70. The highest BCUT2D eigenvalue weighted by molar-refractivity contribution is 9.10. The summed E-state index contributed by atoms with van der Waals surface area (Å²) in [4.78, 5) is 0. The minimum absolute atomic E-state index is 0.0781. The third kappa shape index (κ3) is 4.22. The van der Waals surface area contributed by atoms with Crippen molar-refractivity contribution in [1.82, 2.24) is 0 Å². The number of hydrogen-bond donors (Lipinski definition) is 1. The Morgan fingerprint density at radius 2 is 2.05 bits per heavy atom. The number of hydrogen-bond acceptors (Lipinski definition) is 2. The average Bonchev–Trinajstić information content (AvgIpc) is 2.46. The van der Waals surface area contributed by atoms with E-state index in [-0.39, 0.29) is 6.04 Å². The number of rotatable bonds is 5. The first-order valence-corrected chi connectivity index (χ1v) is 8.09. The monoisotopic (exact) mass is 325 g/mol. The number of ether oxygens (including phenoxy) is 1. The Kier molecular flexibility index (Phi) is 5.71. The molecule has 0 radical (unpaired) electrons. The molecule has 0 saturated heterocycles. The molecule has 3 heteroatoms. The molecule has 0 aromatic heterocycles. The van der Waals surface area contributed by atoms with Gasteiger partial charge in [0.1, 0.15) is 5.75 Å². The molecule has 1 atom stereocenters. The maximum atomic E-state index is 6.36. The molecule has 1 aliphatic carbocycles. The van der Waals surface area contributed by atoms with Gasteiger partial charge in [0.2, 0.25) is 0 Å². The van der Waals surface area contributed by atoms with Crippen LogP contribution in [0, 0.1) is 5.92 Å². The quantitative estimate of drug-likeness (QED) is 0.842. The van der Waals surface area contributed by atoms with Crippen LogP contribution in [0.25, 0.3) is 0 Å². The summed E-state index contributed by atoms with van der Waals surface area (Å²) in [7, 11) is 1.71. The SMILES string of the molecule is COc1ccc(Br)cc1C(N)CCC1CCCCC1. The van der Waals surface area contributed by atoms with Crippen LogP contribution in [0.4, 0.5) is 0 Å². The lowest BCUT2D eigenvalue weighted by atomic mass is 9.84. The smallest absolute Gasteiger partial charge is 0.123 e. The van der Waals surface area contributed by atoms with E-state index in [0.29, 0.717) is 0 Å². The largest absolute Gasteiger partial charge is 0.496 e. The highest BCUT2D eigenvalue weighted by Crippen LogP contribution is 2.33. The topological polar surface area (TPSA) is 35.2 Å². The van der Waals surface area contributed by atoms with E-state index in [9.17, 15) is 0 Å². The van der Waals surface area contributed by atoms with Gasteiger partial charge in [-0.3, -0.25) is 0 Å². The molecular weight excluding hydrogens is 302 g/mol. The van der Waals surface area contributed by atoms with E-state index in [1.54, 1.807) is 7.11 Å². The van der Waals surface area contributed by atoms with Crippen LogP contribution in [-0.4, -0.2) is 7.11 Å². The minimum Gasteiger partial charge on any atom is -0.496 e. The van der Waals surface area contributed by atoms with Crippen LogP contribution in [0.5, 0.6) is 5.75 Å². The van der Waals surface area contributed by atoms with Crippen LogP contribution in [0.15, 0.2) is 22.7 Å². The Balaban J connectivity index is 1.94. The summed E-state index contributed by atoms with van der Waals surface area (Å²) >= 11 is 3.51. The maximum absolute atomic E-state index is 6.36. The fourth-order valence-electron chi connectivity index (χ4n) is 3.04. The first-order chi connectivity index (χ1) is 9.20. The van der Waals surface area contributed by atoms with Crippen molar-refractivity contribution in [3.63, 3.8) is 0 Å². The van der Waals surface area contributed by atoms with Crippen molar-refractivity contribution >= 4 is 15.9 Å². The summed E-state index contributed by atoms with van der Waals surface area (Å²) in [5.74, 6) is 1.79. The summed E-state index contributed by atoms with van der Waals surface area (Å²) in [6.07, 6.45) is 9.31. The van der Waals surface area contributed by atoms with Crippen LogP contribution < -0.4 is 10.5 Å². The summed E-state index contributed by atoms with van der Waals surface area (Å²) in [6.45, 7) is 0. The molecule has 1 saturated carbocycles. The molecule has 19 heavy (non-hydrogen) atoms. The number of benzene rings is 1. The van der Waals surface area contributed by atoms with Gasteiger partial charge in [0.15, 0.2) is 0 Å². The van der Waals surface area contributed by atoms with Crippen molar-refractivity contribution in [1.29, 1.82) is 0 Å². The molecule has 0 bridgehead atoms. The zero-order chi connectivity index (χ0) is 13.7. The van der Waals surface area contributed by atoms with E-state index >= 15 is 0 Å². The number of halogens is 1. The predicted octanol–water partition coefficient (Wildman–Crippen LogP) is 4.82. The maximum Gasteiger partial charge on any atom is 0.123 e. The van der Waals surface area contributed by atoms with Crippen molar-refractivity contribution < 1.29 is 4.74 Å². The molecule has 1 aliphatic rings.